The fourth-order valence-corrected chi connectivity index (χ4v) is 2.22. The van der Waals surface area contributed by atoms with Crippen LogP contribution in [0, 0.1) is 5.82 Å². The van der Waals surface area contributed by atoms with Crippen LogP contribution in [-0.2, 0) is 25.5 Å². The number of benzene rings is 2. The molecule has 0 aliphatic rings. The molecular formula is C23H19FO6. The Morgan fingerprint density at radius 2 is 1.50 bits per heavy atom. The van der Waals surface area contributed by atoms with Crippen LogP contribution in [-0.4, -0.2) is 24.5 Å². The van der Waals surface area contributed by atoms with E-state index in [2.05, 4.69) is 13.2 Å². The summed E-state index contributed by atoms with van der Waals surface area (Å²) >= 11 is 0. The normalized spacial score (nSPS) is 10.3. The molecule has 0 saturated heterocycles. The van der Waals surface area contributed by atoms with E-state index in [1.54, 1.807) is 24.3 Å². The van der Waals surface area contributed by atoms with Crippen molar-refractivity contribution in [1.82, 2.24) is 0 Å². The van der Waals surface area contributed by atoms with Gasteiger partial charge in [0.05, 0.1) is 6.61 Å². The van der Waals surface area contributed by atoms with Crippen LogP contribution >= 0.6 is 0 Å². The molecule has 0 fully saturated rings. The second-order valence-corrected chi connectivity index (χ2v) is 5.83. The van der Waals surface area contributed by atoms with E-state index in [0.717, 1.165) is 29.9 Å². The van der Waals surface area contributed by atoms with Gasteiger partial charge in [0.25, 0.3) is 0 Å². The maximum absolute atomic E-state index is 14.0. The highest BCUT2D eigenvalue weighted by atomic mass is 19.1. The molecule has 0 unspecified atom stereocenters. The maximum Gasteiger partial charge on any atom is 0.336 e. The summed E-state index contributed by atoms with van der Waals surface area (Å²) in [6, 6.07) is 10.4. The quantitative estimate of drug-likeness (QED) is 0.355. The Morgan fingerprint density at radius 1 is 0.867 bits per heavy atom. The number of hydrogen-bond donors (Lipinski definition) is 0. The topological polar surface area (TPSA) is 78.9 Å². The van der Waals surface area contributed by atoms with Crippen molar-refractivity contribution >= 4 is 24.0 Å². The molecule has 0 spiro atoms. The summed E-state index contributed by atoms with van der Waals surface area (Å²) in [6.07, 6.45) is 4.89. The fourth-order valence-electron chi connectivity index (χ4n) is 2.22. The second kappa shape index (κ2) is 11.1. The molecule has 7 heteroatoms. The first-order valence-corrected chi connectivity index (χ1v) is 8.83. The number of esters is 3. The van der Waals surface area contributed by atoms with Gasteiger partial charge in [0.1, 0.15) is 17.3 Å². The first-order chi connectivity index (χ1) is 14.4. The van der Waals surface area contributed by atoms with E-state index >= 15 is 0 Å². The van der Waals surface area contributed by atoms with E-state index in [9.17, 15) is 18.8 Å². The summed E-state index contributed by atoms with van der Waals surface area (Å²) in [5, 5.41) is 0. The Labute approximate surface area is 172 Å². The molecule has 2 aromatic rings. The number of carbonyl (C=O) groups excluding carboxylic acids is 3. The van der Waals surface area contributed by atoms with Crippen molar-refractivity contribution in [3.05, 3.63) is 90.8 Å². The lowest BCUT2D eigenvalue weighted by molar-refractivity contribution is -0.137. The average molecular weight is 410 g/mol. The SMILES string of the molecule is C=CC(=O)OCCc1ccc(OC(=O)/C=C/c2ccc(OC(=O)C=C)cc2F)cc1. The molecule has 0 saturated carbocycles. The van der Waals surface area contributed by atoms with Crippen LogP contribution in [0.3, 0.4) is 0 Å². The van der Waals surface area contributed by atoms with Gasteiger partial charge < -0.3 is 14.2 Å². The first-order valence-electron chi connectivity index (χ1n) is 8.83. The van der Waals surface area contributed by atoms with Crippen molar-refractivity contribution in [2.75, 3.05) is 6.61 Å². The summed E-state index contributed by atoms with van der Waals surface area (Å²) in [4.78, 5) is 34.0. The van der Waals surface area contributed by atoms with Crippen molar-refractivity contribution in [2.24, 2.45) is 0 Å². The van der Waals surface area contributed by atoms with Crippen molar-refractivity contribution in [1.29, 1.82) is 0 Å². The van der Waals surface area contributed by atoms with Crippen molar-refractivity contribution in [3.8, 4) is 11.5 Å². The Hall–Kier alpha value is -4.00. The van der Waals surface area contributed by atoms with Gasteiger partial charge in [0, 0.05) is 36.3 Å². The molecule has 0 aromatic heterocycles. The molecule has 2 aromatic carbocycles. The summed E-state index contributed by atoms with van der Waals surface area (Å²) in [5.74, 6) is -2.22. The average Bonchev–Trinajstić information content (AvgIpc) is 2.74. The van der Waals surface area contributed by atoms with Crippen LogP contribution in [0.5, 0.6) is 11.5 Å². The zero-order chi connectivity index (χ0) is 21.9. The van der Waals surface area contributed by atoms with Gasteiger partial charge in [-0.2, -0.15) is 0 Å². The van der Waals surface area contributed by atoms with Crippen molar-refractivity contribution in [2.45, 2.75) is 6.42 Å². The summed E-state index contributed by atoms with van der Waals surface area (Å²) in [5.41, 5.74) is 1.01. The third-order valence-electron chi connectivity index (χ3n) is 3.70. The monoisotopic (exact) mass is 410 g/mol. The van der Waals surface area contributed by atoms with Crippen molar-refractivity contribution < 1.29 is 33.0 Å². The summed E-state index contributed by atoms with van der Waals surface area (Å²) < 4.78 is 28.9. The molecule has 2 rings (SSSR count). The smallest absolute Gasteiger partial charge is 0.336 e. The minimum absolute atomic E-state index is 0.0245. The summed E-state index contributed by atoms with van der Waals surface area (Å²) in [7, 11) is 0. The van der Waals surface area contributed by atoms with Crippen LogP contribution in [0.4, 0.5) is 4.39 Å². The zero-order valence-electron chi connectivity index (χ0n) is 16.0. The van der Waals surface area contributed by atoms with E-state index < -0.39 is 23.7 Å². The van der Waals surface area contributed by atoms with Gasteiger partial charge in [-0.1, -0.05) is 25.3 Å². The van der Waals surface area contributed by atoms with Crippen molar-refractivity contribution in [3.63, 3.8) is 0 Å². The first kappa shape index (κ1) is 22.3. The third-order valence-corrected chi connectivity index (χ3v) is 3.70. The van der Waals surface area contributed by atoms with Crippen LogP contribution in [0.15, 0.2) is 73.9 Å². The highest BCUT2D eigenvalue weighted by Crippen LogP contribution is 2.18. The fraction of sp³-hybridized carbons (Fsp3) is 0.0870. The lowest BCUT2D eigenvalue weighted by Crippen LogP contribution is -2.05. The molecule has 0 radical (unpaired) electrons. The molecule has 0 N–H and O–H groups in total. The predicted molar refractivity (Wildman–Crippen MR) is 108 cm³/mol. The van der Waals surface area contributed by atoms with E-state index in [0.29, 0.717) is 12.2 Å². The molecule has 0 aliphatic carbocycles. The van der Waals surface area contributed by atoms with Gasteiger partial charge in [0.15, 0.2) is 0 Å². The maximum atomic E-state index is 14.0. The van der Waals surface area contributed by atoms with Gasteiger partial charge in [-0.15, -0.1) is 0 Å². The van der Waals surface area contributed by atoms with E-state index in [-0.39, 0.29) is 17.9 Å². The van der Waals surface area contributed by atoms with E-state index in [4.69, 9.17) is 14.2 Å². The van der Waals surface area contributed by atoms with E-state index in [1.807, 2.05) is 0 Å². The van der Waals surface area contributed by atoms with Crippen LogP contribution in [0.1, 0.15) is 11.1 Å². The molecule has 0 aliphatic heterocycles. The number of rotatable bonds is 9. The molecule has 0 atom stereocenters. The highest BCUT2D eigenvalue weighted by Gasteiger charge is 2.06. The Kier molecular flexibility index (Phi) is 8.26. The number of ether oxygens (including phenoxy) is 3. The Bertz CT molecular complexity index is 976. The minimum atomic E-state index is -0.704. The molecule has 0 bridgehead atoms. The molecule has 154 valence electrons. The van der Waals surface area contributed by atoms with Gasteiger partial charge in [-0.25, -0.2) is 18.8 Å². The van der Waals surface area contributed by atoms with E-state index in [1.165, 1.54) is 18.2 Å². The van der Waals surface area contributed by atoms with Crippen LogP contribution in [0.25, 0.3) is 6.08 Å². The predicted octanol–water partition coefficient (Wildman–Crippen LogP) is 3.81. The van der Waals surface area contributed by atoms with Gasteiger partial charge >= 0.3 is 17.9 Å². The largest absolute Gasteiger partial charge is 0.462 e. The minimum Gasteiger partial charge on any atom is -0.462 e. The van der Waals surface area contributed by atoms with Gasteiger partial charge in [-0.05, 0) is 35.9 Å². The molecular weight excluding hydrogens is 391 g/mol. The second-order valence-electron chi connectivity index (χ2n) is 5.83. The van der Waals surface area contributed by atoms with Gasteiger partial charge in [-0.3, -0.25) is 0 Å². The Balaban J connectivity index is 1.89. The molecule has 0 amide bonds. The third kappa shape index (κ3) is 7.20. The molecule has 30 heavy (non-hydrogen) atoms. The number of halogens is 1. The molecule has 6 nitrogen and oxygen atoms in total. The number of carbonyl (C=O) groups is 3. The lowest BCUT2D eigenvalue weighted by atomic mass is 10.1. The zero-order valence-corrected chi connectivity index (χ0v) is 16.0. The van der Waals surface area contributed by atoms with Gasteiger partial charge in [0.2, 0.25) is 0 Å². The lowest BCUT2D eigenvalue weighted by Gasteiger charge is -2.05. The van der Waals surface area contributed by atoms with Crippen LogP contribution < -0.4 is 9.47 Å². The Morgan fingerprint density at radius 3 is 2.13 bits per heavy atom. The summed E-state index contributed by atoms with van der Waals surface area (Å²) in [6.45, 7) is 6.78. The number of hydrogen-bond acceptors (Lipinski definition) is 6. The highest BCUT2D eigenvalue weighted by molar-refractivity contribution is 5.89. The van der Waals surface area contributed by atoms with Crippen LogP contribution in [0.2, 0.25) is 0 Å². The standard InChI is InChI=1S/C23H19FO6/c1-3-21(25)28-14-13-16-5-9-18(10-6-16)29-23(27)12-8-17-7-11-19(15-20(17)24)30-22(26)4-2/h3-12,15H,1-2,13-14H2/b12-8+. The molecule has 0 heterocycles.